The fourth-order valence-electron chi connectivity index (χ4n) is 3.42. The summed E-state index contributed by atoms with van der Waals surface area (Å²) < 4.78 is 19.6. The molecule has 0 saturated heterocycles. The van der Waals surface area contributed by atoms with Crippen LogP contribution < -0.4 is 5.43 Å². The molecule has 7 nitrogen and oxygen atoms in total. The SMILES string of the molecule is Cn1cc(-c2ccc(-n3ccc(=O)c(-c4ccnn4-c4ccccc4)n3)c(F)c2)cn1. The van der Waals surface area contributed by atoms with Crippen LogP contribution in [0.5, 0.6) is 0 Å². The zero-order valence-electron chi connectivity index (χ0n) is 16.6. The van der Waals surface area contributed by atoms with E-state index in [9.17, 15) is 9.18 Å². The van der Waals surface area contributed by atoms with Crippen molar-refractivity contribution < 1.29 is 4.39 Å². The molecule has 0 saturated carbocycles. The maximum Gasteiger partial charge on any atom is 0.209 e. The van der Waals surface area contributed by atoms with Gasteiger partial charge in [-0.25, -0.2) is 13.8 Å². The van der Waals surface area contributed by atoms with Gasteiger partial charge in [-0.05, 0) is 35.9 Å². The molecule has 3 aromatic heterocycles. The first-order valence-corrected chi connectivity index (χ1v) is 9.59. The largest absolute Gasteiger partial charge is 0.287 e. The van der Waals surface area contributed by atoms with Crippen LogP contribution in [0.25, 0.3) is 33.9 Å². The number of rotatable bonds is 4. The quantitative estimate of drug-likeness (QED) is 0.452. The van der Waals surface area contributed by atoms with Crippen molar-refractivity contribution in [3.8, 4) is 33.9 Å². The highest BCUT2D eigenvalue weighted by Gasteiger charge is 2.15. The van der Waals surface area contributed by atoms with Gasteiger partial charge in [0.15, 0.2) is 5.69 Å². The molecule has 0 aliphatic carbocycles. The Labute approximate surface area is 176 Å². The molecule has 5 rings (SSSR count). The summed E-state index contributed by atoms with van der Waals surface area (Å²) in [7, 11) is 1.81. The number of hydrogen-bond donors (Lipinski definition) is 0. The monoisotopic (exact) mass is 412 g/mol. The first-order chi connectivity index (χ1) is 15.1. The number of para-hydroxylation sites is 1. The Kier molecular flexibility index (Phi) is 4.51. The van der Waals surface area contributed by atoms with E-state index in [1.54, 1.807) is 47.0 Å². The number of benzene rings is 2. The highest BCUT2D eigenvalue weighted by Crippen LogP contribution is 2.24. The maximum atomic E-state index is 15.0. The second-order valence-corrected chi connectivity index (χ2v) is 7.01. The third kappa shape index (κ3) is 3.44. The van der Waals surface area contributed by atoms with Crippen molar-refractivity contribution in [2.45, 2.75) is 0 Å². The molecule has 0 fully saturated rings. The molecule has 3 heterocycles. The van der Waals surface area contributed by atoms with Gasteiger partial charge in [-0.15, -0.1) is 0 Å². The average molecular weight is 412 g/mol. The van der Waals surface area contributed by atoms with E-state index in [0.29, 0.717) is 11.3 Å². The lowest BCUT2D eigenvalue weighted by Crippen LogP contribution is -2.15. The van der Waals surface area contributed by atoms with Gasteiger partial charge >= 0.3 is 0 Å². The third-order valence-corrected chi connectivity index (χ3v) is 4.93. The lowest BCUT2D eigenvalue weighted by Gasteiger charge is -2.11. The van der Waals surface area contributed by atoms with Gasteiger partial charge in [0.05, 0.1) is 23.8 Å². The van der Waals surface area contributed by atoms with Gasteiger partial charge in [0.1, 0.15) is 11.5 Å². The Bertz CT molecular complexity index is 1430. The van der Waals surface area contributed by atoms with Crippen LogP contribution in [0.2, 0.25) is 0 Å². The molecule has 0 bridgehead atoms. The summed E-state index contributed by atoms with van der Waals surface area (Å²) in [6.07, 6.45) is 6.55. The molecular formula is C23H17FN6O. The van der Waals surface area contributed by atoms with Crippen LogP contribution in [0.15, 0.2) is 90.2 Å². The van der Waals surface area contributed by atoms with Crippen LogP contribution in [0, 0.1) is 5.82 Å². The second kappa shape index (κ2) is 7.49. The summed E-state index contributed by atoms with van der Waals surface area (Å²) in [6.45, 7) is 0. The minimum Gasteiger partial charge on any atom is -0.287 e. The molecule has 0 radical (unpaired) electrons. The van der Waals surface area contributed by atoms with Crippen molar-refractivity contribution in [1.82, 2.24) is 29.3 Å². The topological polar surface area (TPSA) is 70.5 Å². The van der Waals surface area contributed by atoms with Gasteiger partial charge in [-0.1, -0.05) is 24.3 Å². The van der Waals surface area contributed by atoms with E-state index in [1.165, 1.54) is 23.0 Å². The first kappa shape index (κ1) is 18.7. The van der Waals surface area contributed by atoms with Crippen molar-refractivity contribution >= 4 is 0 Å². The van der Waals surface area contributed by atoms with Crippen LogP contribution in [0.4, 0.5) is 4.39 Å². The number of aromatic nitrogens is 6. The standard InChI is InChI=1S/C23H17FN6O/c1-28-15-17(14-26-28)16-7-8-20(19(24)13-16)29-12-10-22(31)23(27-29)21-9-11-25-30(21)18-5-3-2-4-6-18/h2-15H,1H3. The van der Waals surface area contributed by atoms with Crippen LogP contribution in [0.1, 0.15) is 0 Å². The van der Waals surface area contributed by atoms with Crippen LogP contribution >= 0.6 is 0 Å². The van der Waals surface area contributed by atoms with E-state index in [4.69, 9.17) is 0 Å². The Morgan fingerprint density at radius 2 is 1.77 bits per heavy atom. The molecule has 0 aliphatic heterocycles. The summed E-state index contributed by atoms with van der Waals surface area (Å²) >= 11 is 0. The van der Waals surface area contributed by atoms with Crippen LogP contribution in [0.3, 0.4) is 0 Å². The predicted octanol–water partition coefficient (Wildman–Crippen LogP) is 3.62. The molecule has 5 aromatic rings. The van der Waals surface area contributed by atoms with Gasteiger partial charge < -0.3 is 0 Å². The van der Waals surface area contributed by atoms with E-state index >= 15 is 0 Å². The van der Waals surface area contributed by atoms with Crippen molar-refractivity contribution in [3.05, 3.63) is 101 Å². The highest BCUT2D eigenvalue weighted by molar-refractivity contribution is 5.63. The molecule has 0 aliphatic rings. The summed E-state index contributed by atoms with van der Waals surface area (Å²) in [6, 6.07) is 17.4. The maximum absolute atomic E-state index is 15.0. The third-order valence-electron chi connectivity index (χ3n) is 4.93. The molecule has 0 spiro atoms. The average Bonchev–Trinajstić information content (AvgIpc) is 3.44. The van der Waals surface area contributed by atoms with Crippen molar-refractivity contribution in [3.63, 3.8) is 0 Å². The van der Waals surface area contributed by atoms with E-state index in [1.807, 2.05) is 36.5 Å². The smallest absolute Gasteiger partial charge is 0.209 e. The van der Waals surface area contributed by atoms with Gasteiger partial charge in [0.2, 0.25) is 5.43 Å². The van der Waals surface area contributed by atoms with Gasteiger partial charge in [-0.2, -0.15) is 15.3 Å². The zero-order chi connectivity index (χ0) is 21.4. The van der Waals surface area contributed by atoms with Gasteiger partial charge in [-0.3, -0.25) is 9.48 Å². The fourth-order valence-corrected chi connectivity index (χ4v) is 3.42. The van der Waals surface area contributed by atoms with Crippen molar-refractivity contribution in [2.24, 2.45) is 7.05 Å². The number of aryl methyl sites for hydroxylation is 1. The zero-order valence-corrected chi connectivity index (χ0v) is 16.6. The summed E-state index contributed by atoms with van der Waals surface area (Å²) in [5.41, 5.74) is 2.98. The normalized spacial score (nSPS) is 11.0. The van der Waals surface area contributed by atoms with Gasteiger partial charge in [0.25, 0.3) is 0 Å². The van der Waals surface area contributed by atoms with E-state index in [0.717, 1.165) is 11.3 Å². The molecule has 152 valence electrons. The molecular weight excluding hydrogens is 395 g/mol. The summed E-state index contributed by atoms with van der Waals surface area (Å²) in [4.78, 5) is 12.6. The first-order valence-electron chi connectivity index (χ1n) is 9.59. The Hall–Kier alpha value is -4.33. The predicted molar refractivity (Wildman–Crippen MR) is 115 cm³/mol. The van der Waals surface area contributed by atoms with E-state index < -0.39 is 5.82 Å². The Morgan fingerprint density at radius 1 is 0.935 bits per heavy atom. The second-order valence-electron chi connectivity index (χ2n) is 7.01. The number of hydrogen-bond acceptors (Lipinski definition) is 4. The highest BCUT2D eigenvalue weighted by atomic mass is 19.1. The van der Waals surface area contributed by atoms with Crippen LogP contribution in [-0.4, -0.2) is 29.3 Å². The lowest BCUT2D eigenvalue weighted by molar-refractivity contribution is 0.609. The van der Waals surface area contributed by atoms with E-state index in [-0.39, 0.29) is 16.8 Å². The van der Waals surface area contributed by atoms with E-state index in [2.05, 4.69) is 15.3 Å². The van der Waals surface area contributed by atoms with Crippen molar-refractivity contribution in [2.75, 3.05) is 0 Å². The lowest BCUT2D eigenvalue weighted by atomic mass is 10.1. The number of halogens is 1. The minimum absolute atomic E-state index is 0.180. The molecule has 8 heteroatoms. The molecule has 0 N–H and O–H groups in total. The molecule has 31 heavy (non-hydrogen) atoms. The molecule has 0 atom stereocenters. The molecule has 0 amide bonds. The number of nitrogens with zero attached hydrogens (tertiary/aromatic N) is 6. The summed E-state index contributed by atoms with van der Waals surface area (Å²) in [5.74, 6) is -0.458. The fraction of sp³-hybridized carbons (Fsp3) is 0.0435. The van der Waals surface area contributed by atoms with Crippen LogP contribution in [-0.2, 0) is 7.05 Å². The molecule has 2 aromatic carbocycles. The summed E-state index contributed by atoms with van der Waals surface area (Å²) in [5, 5.41) is 12.9. The molecule has 0 unspecified atom stereocenters. The Morgan fingerprint density at radius 3 is 2.52 bits per heavy atom. The minimum atomic E-state index is -0.458. The Balaban J connectivity index is 1.58. The van der Waals surface area contributed by atoms with Crippen molar-refractivity contribution in [1.29, 1.82) is 0 Å². The van der Waals surface area contributed by atoms with Gasteiger partial charge in [0, 0.05) is 31.1 Å².